The van der Waals surface area contributed by atoms with E-state index in [4.69, 9.17) is 0 Å². The van der Waals surface area contributed by atoms with E-state index in [-0.39, 0.29) is 5.82 Å². The van der Waals surface area contributed by atoms with Crippen LogP contribution in [-0.4, -0.2) is 43.1 Å². The Bertz CT molecular complexity index is 335. The molecule has 0 N–H and O–H groups in total. The van der Waals surface area contributed by atoms with Gasteiger partial charge in [0.1, 0.15) is 0 Å². The molecule has 0 fully saturated rings. The van der Waals surface area contributed by atoms with E-state index in [1.807, 2.05) is 13.1 Å². The lowest BCUT2D eigenvalue weighted by Crippen LogP contribution is -2.33. The van der Waals surface area contributed by atoms with Crippen molar-refractivity contribution in [3.05, 3.63) is 23.2 Å². The lowest BCUT2D eigenvalue weighted by molar-refractivity contribution is 0.311. The molecule has 5 nitrogen and oxygen atoms in total. The minimum Gasteiger partial charge on any atom is -0.372 e. The van der Waals surface area contributed by atoms with Gasteiger partial charge in [-0.1, -0.05) is 13.8 Å². The van der Waals surface area contributed by atoms with Gasteiger partial charge in [-0.2, -0.15) is 0 Å². The van der Waals surface area contributed by atoms with Crippen LogP contribution < -0.4 is 4.90 Å². The Balaban J connectivity index is 2.51. The zero-order valence-electron chi connectivity index (χ0n) is 10.8. The zero-order chi connectivity index (χ0) is 12.7. The molecule has 0 saturated carbocycles. The molecule has 0 aromatic carbocycles. The normalized spacial score (nSPS) is 10.6. The molecule has 94 valence electrons. The topological polar surface area (TPSA) is 48.8 Å². The molecular weight excluding hydrogens is 216 g/mol. The predicted octanol–water partition coefficient (Wildman–Crippen LogP) is 2.26. The molecule has 1 aromatic rings. The zero-order valence-corrected chi connectivity index (χ0v) is 10.8. The van der Waals surface area contributed by atoms with Gasteiger partial charge in [0, 0.05) is 20.1 Å². The van der Waals surface area contributed by atoms with Gasteiger partial charge < -0.3 is 9.80 Å². The van der Waals surface area contributed by atoms with Crippen LogP contribution in [0.5, 0.6) is 0 Å². The van der Waals surface area contributed by atoms with Crippen LogP contribution >= 0.6 is 0 Å². The van der Waals surface area contributed by atoms with Crippen molar-refractivity contribution in [2.24, 2.45) is 5.18 Å². The monoisotopic (exact) mass is 236 g/mol. The maximum atomic E-state index is 10.2. The Morgan fingerprint density at radius 1 is 1.24 bits per heavy atom. The fourth-order valence-corrected chi connectivity index (χ4v) is 1.62. The molecule has 17 heavy (non-hydrogen) atoms. The van der Waals surface area contributed by atoms with Crippen molar-refractivity contribution in [1.29, 1.82) is 0 Å². The fourth-order valence-electron chi connectivity index (χ4n) is 1.62. The summed E-state index contributed by atoms with van der Waals surface area (Å²) < 4.78 is 0. The van der Waals surface area contributed by atoms with E-state index in [2.05, 4.69) is 33.8 Å². The molecule has 0 amide bonds. The van der Waals surface area contributed by atoms with Gasteiger partial charge in [-0.05, 0) is 30.4 Å². The number of hydrogen-bond acceptors (Lipinski definition) is 5. The first-order valence-electron chi connectivity index (χ1n) is 5.94. The van der Waals surface area contributed by atoms with E-state index < -0.39 is 0 Å². The molecule has 0 aliphatic rings. The SMILES string of the molecule is CCN(CC)CCN(C)c1ccc(N=O)nc1. The molecule has 1 heterocycles. The molecule has 0 spiro atoms. The number of hydrogen-bond donors (Lipinski definition) is 0. The molecule has 0 saturated heterocycles. The first-order valence-corrected chi connectivity index (χ1v) is 5.94. The molecule has 0 aliphatic carbocycles. The van der Waals surface area contributed by atoms with Crippen LogP contribution in [0, 0.1) is 4.91 Å². The Morgan fingerprint density at radius 3 is 2.41 bits per heavy atom. The number of pyridine rings is 1. The van der Waals surface area contributed by atoms with Crippen molar-refractivity contribution < 1.29 is 0 Å². The molecule has 0 atom stereocenters. The third-order valence-electron chi connectivity index (χ3n) is 2.91. The molecule has 0 aliphatic heterocycles. The van der Waals surface area contributed by atoms with E-state index in [1.165, 1.54) is 0 Å². The fraction of sp³-hybridized carbons (Fsp3) is 0.583. The quantitative estimate of drug-likeness (QED) is 0.681. The second-order valence-corrected chi connectivity index (χ2v) is 3.91. The van der Waals surface area contributed by atoms with Gasteiger partial charge in [0.15, 0.2) is 5.82 Å². The largest absolute Gasteiger partial charge is 0.372 e. The van der Waals surface area contributed by atoms with Gasteiger partial charge in [-0.15, -0.1) is 4.91 Å². The molecule has 5 heteroatoms. The number of nitroso groups, excluding NO2 is 1. The van der Waals surface area contributed by atoms with E-state index in [0.29, 0.717) is 0 Å². The summed E-state index contributed by atoms with van der Waals surface area (Å²) in [4.78, 5) is 18.7. The maximum Gasteiger partial charge on any atom is 0.196 e. The third-order valence-corrected chi connectivity index (χ3v) is 2.91. The number of anilines is 1. The predicted molar refractivity (Wildman–Crippen MR) is 70.8 cm³/mol. The molecule has 1 rings (SSSR count). The second kappa shape index (κ2) is 6.96. The number of likely N-dealkylation sites (N-methyl/N-ethyl adjacent to an activating group) is 2. The average molecular weight is 236 g/mol. The number of nitrogens with zero attached hydrogens (tertiary/aromatic N) is 4. The Hall–Kier alpha value is -1.49. The Morgan fingerprint density at radius 2 is 1.94 bits per heavy atom. The van der Waals surface area contributed by atoms with Crippen molar-refractivity contribution in [2.45, 2.75) is 13.8 Å². The Labute approximate surface area is 102 Å². The van der Waals surface area contributed by atoms with Gasteiger partial charge in [0.25, 0.3) is 0 Å². The van der Waals surface area contributed by atoms with Crippen molar-refractivity contribution in [3.8, 4) is 0 Å². The summed E-state index contributed by atoms with van der Waals surface area (Å²) in [5.74, 6) is 0.228. The third kappa shape index (κ3) is 4.11. The van der Waals surface area contributed by atoms with E-state index in [9.17, 15) is 4.91 Å². The van der Waals surface area contributed by atoms with Gasteiger partial charge in [0.2, 0.25) is 0 Å². The minimum atomic E-state index is 0.228. The molecule has 1 aromatic heterocycles. The second-order valence-electron chi connectivity index (χ2n) is 3.91. The number of aromatic nitrogens is 1. The van der Waals surface area contributed by atoms with Crippen LogP contribution in [-0.2, 0) is 0 Å². The van der Waals surface area contributed by atoms with Crippen molar-refractivity contribution >= 4 is 11.5 Å². The first-order chi connectivity index (χ1) is 8.21. The Kier molecular flexibility index (Phi) is 5.56. The highest BCUT2D eigenvalue weighted by atomic mass is 16.3. The summed E-state index contributed by atoms with van der Waals surface area (Å²) >= 11 is 0. The molecule has 0 unspecified atom stereocenters. The van der Waals surface area contributed by atoms with Crippen LogP contribution in [0.15, 0.2) is 23.5 Å². The van der Waals surface area contributed by atoms with E-state index in [0.717, 1.165) is 31.9 Å². The average Bonchev–Trinajstić information content (AvgIpc) is 2.39. The summed E-state index contributed by atoms with van der Waals surface area (Å²) in [7, 11) is 2.02. The smallest absolute Gasteiger partial charge is 0.196 e. The highest BCUT2D eigenvalue weighted by Crippen LogP contribution is 2.14. The molecular formula is C12H20N4O. The first kappa shape index (κ1) is 13.6. The number of rotatable bonds is 7. The van der Waals surface area contributed by atoms with Gasteiger partial charge in [-0.25, -0.2) is 4.98 Å². The lowest BCUT2D eigenvalue weighted by atomic mass is 10.3. The van der Waals surface area contributed by atoms with Crippen molar-refractivity contribution in [3.63, 3.8) is 0 Å². The van der Waals surface area contributed by atoms with E-state index in [1.54, 1.807) is 12.3 Å². The summed E-state index contributed by atoms with van der Waals surface area (Å²) in [6.07, 6.45) is 1.68. The van der Waals surface area contributed by atoms with Crippen LogP contribution in [0.1, 0.15) is 13.8 Å². The summed E-state index contributed by atoms with van der Waals surface area (Å²) in [5.41, 5.74) is 1.00. The standard InChI is InChI=1S/C12H20N4O/c1-4-16(5-2)9-8-15(3)11-6-7-12(14-17)13-10-11/h6-7,10H,4-5,8-9H2,1-3H3. The lowest BCUT2D eigenvalue weighted by Gasteiger charge is -2.24. The van der Waals surface area contributed by atoms with Crippen molar-refractivity contribution in [2.75, 3.05) is 38.1 Å². The molecule has 0 bridgehead atoms. The van der Waals surface area contributed by atoms with Gasteiger partial charge in [0.05, 0.1) is 11.9 Å². The highest BCUT2D eigenvalue weighted by molar-refractivity contribution is 5.46. The van der Waals surface area contributed by atoms with Crippen LogP contribution in [0.3, 0.4) is 0 Å². The summed E-state index contributed by atoms with van der Waals surface area (Å²) in [6.45, 7) is 8.42. The minimum absolute atomic E-state index is 0.228. The summed E-state index contributed by atoms with van der Waals surface area (Å²) in [5, 5.41) is 2.78. The van der Waals surface area contributed by atoms with Crippen LogP contribution in [0.4, 0.5) is 11.5 Å². The van der Waals surface area contributed by atoms with Gasteiger partial charge >= 0.3 is 0 Å². The van der Waals surface area contributed by atoms with E-state index >= 15 is 0 Å². The molecule has 0 radical (unpaired) electrons. The van der Waals surface area contributed by atoms with Gasteiger partial charge in [-0.3, -0.25) is 0 Å². The summed E-state index contributed by atoms with van der Waals surface area (Å²) in [6, 6.07) is 3.50. The maximum absolute atomic E-state index is 10.2. The highest BCUT2D eigenvalue weighted by Gasteiger charge is 2.04. The van der Waals surface area contributed by atoms with Crippen LogP contribution in [0.2, 0.25) is 0 Å². The van der Waals surface area contributed by atoms with Crippen molar-refractivity contribution in [1.82, 2.24) is 9.88 Å². The van der Waals surface area contributed by atoms with Crippen LogP contribution in [0.25, 0.3) is 0 Å².